The normalized spacial score (nSPS) is 16.8. The van der Waals surface area contributed by atoms with Crippen molar-refractivity contribution in [3.05, 3.63) is 112 Å². The van der Waals surface area contributed by atoms with Crippen LogP contribution in [0.5, 0.6) is 11.5 Å². The number of nitrogens with zero attached hydrogens (tertiary/aromatic N) is 1. The van der Waals surface area contributed by atoms with E-state index in [0.29, 0.717) is 17.1 Å². The van der Waals surface area contributed by atoms with Crippen LogP contribution in [0.4, 0.5) is 17.1 Å². The quantitative estimate of drug-likeness (QED) is 0.281. The van der Waals surface area contributed by atoms with Crippen LogP contribution in [0, 0.1) is 20.8 Å². The zero-order valence-electron chi connectivity index (χ0n) is 22.5. The number of rotatable bonds is 5. The molecule has 2 aliphatic rings. The van der Waals surface area contributed by atoms with E-state index in [0.717, 1.165) is 52.4 Å². The third-order valence-corrected chi connectivity index (χ3v) is 7.67. The standard InChI is InChI=1S/C33H32N2O3/c1-6-35(7-2)24-12-13-27-31(18-24)37-30-17-22(5)29(34-23-15-20(3)14-21(4)16-23)19-28(30)33(27)26-11-9-8-10-25(26)32(36)38-33/h8-19,34H,6-7H2,1-5H3. The van der Waals surface area contributed by atoms with Gasteiger partial charge in [0, 0.05) is 52.9 Å². The maximum Gasteiger partial charge on any atom is 0.340 e. The van der Waals surface area contributed by atoms with Crippen LogP contribution in [0.2, 0.25) is 0 Å². The lowest BCUT2D eigenvalue weighted by Gasteiger charge is -2.37. The number of carbonyl (C=O) groups is 1. The summed E-state index contributed by atoms with van der Waals surface area (Å²) in [6.07, 6.45) is 0. The third kappa shape index (κ3) is 3.65. The molecule has 0 radical (unpaired) electrons. The Labute approximate surface area is 224 Å². The molecule has 4 aromatic rings. The maximum absolute atomic E-state index is 13.3. The molecule has 0 fully saturated rings. The average molecular weight is 505 g/mol. The topological polar surface area (TPSA) is 50.8 Å². The van der Waals surface area contributed by atoms with Crippen molar-refractivity contribution in [1.29, 1.82) is 0 Å². The Hall–Kier alpha value is -4.25. The molecule has 1 atom stereocenters. The van der Waals surface area contributed by atoms with Gasteiger partial charge in [0.2, 0.25) is 0 Å². The Balaban J connectivity index is 1.57. The first-order valence-corrected chi connectivity index (χ1v) is 13.2. The number of nitrogens with one attached hydrogen (secondary N) is 1. The van der Waals surface area contributed by atoms with Crippen LogP contribution in [-0.2, 0) is 10.3 Å². The molecule has 192 valence electrons. The first-order chi connectivity index (χ1) is 18.3. The first-order valence-electron chi connectivity index (χ1n) is 13.2. The molecule has 0 saturated carbocycles. The van der Waals surface area contributed by atoms with Gasteiger partial charge in [0.15, 0.2) is 5.60 Å². The molecular weight excluding hydrogens is 472 g/mol. The molecule has 38 heavy (non-hydrogen) atoms. The van der Waals surface area contributed by atoms with Crippen molar-refractivity contribution in [2.75, 3.05) is 23.3 Å². The van der Waals surface area contributed by atoms with E-state index in [-0.39, 0.29) is 5.97 Å². The summed E-state index contributed by atoms with van der Waals surface area (Å²) < 4.78 is 13.0. The maximum atomic E-state index is 13.3. The fourth-order valence-corrected chi connectivity index (χ4v) is 5.93. The van der Waals surface area contributed by atoms with Crippen LogP contribution in [0.3, 0.4) is 0 Å². The summed E-state index contributed by atoms with van der Waals surface area (Å²) in [4.78, 5) is 15.5. The van der Waals surface area contributed by atoms with Gasteiger partial charge in [-0.15, -0.1) is 0 Å². The van der Waals surface area contributed by atoms with Crippen LogP contribution < -0.4 is 15.0 Å². The van der Waals surface area contributed by atoms with E-state index in [9.17, 15) is 4.79 Å². The summed E-state index contributed by atoms with van der Waals surface area (Å²) >= 11 is 0. The lowest BCUT2D eigenvalue weighted by Crippen LogP contribution is -2.33. The molecule has 2 aliphatic heterocycles. The van der Waals surface area contributed by atoms with Crippen molar-refractivity contribution >= 4 is 23.0 Å². The van der Waals surface area contributed by atoms with Crippen molar-refractivity contribution in [3.8, 4) is 11.5 Å². The highest BCUT2D eigenvalue weighted by molar-refractivity contribution is 5.97. The summed E-state index contributed by atoms with van der Waals surface area (Å²) in [6, 6.07) is 24.4. The first kappa shape index (κ1) is 24.1. The van der Waals surface area contributed by atoms with Crippen molar-refractivity contribution in [1.82, 2.24) is 0 Å². The lowest BCUT2D eigenvalue weighted by atomic mass is 9.77. The fourth-order valence-electron chi connectivity index (χ4n) is 5.93. The second-order valence-corrected chi connectivity index (χ2v) is 10.2. The highest BCUT2D eigenvalue weighted by Crippen LogP contribution is 2.57. The van der Waals surface area contributed by atoms with Gasteiger partial charge in [-0.2, -0.15) is 0 Å². The van der Waals surface area contributed by atoms with Crippen LogP contribution in [-0.4, -0.2) is 19.1 Å². The number of anilines is 3. The highest BCUT2D eigenvalue weighted by atomic mass is 16.6. The molecule has 0 saturated heterocycles. The van der Waals surface area contributed by atoms with E-state index in [1.165, 1.54) is 11.1 Å². The van der Waals surface area contributed by atoms with Crippen LogP contribution >= 0.6 is 0 Å². The van der Waals surface area contributed by atoms with Gasteiger partial charge in [0.1, 0.15) is 11.5 Å². The second kappa shape index (κ2) is 8.95. The summed E-state index contributed by atoms with van der Waals surface area (Å²) in [5.41, 5.74) is 8.45. The Morgan fingerprint density at radius 1 is 0.789 bits per heavy atom. The minimum Gasteiger partial charge on any atom is -0.456 e. The van der Waals surface area contributed by atoms with E-state index >= 15 is 0 Å². The summed E-state index contributed by atoms with van der Waals surface area (Å²) in [6.45, 7) is 12.3. The van der Waals surface area contributed by atoms with E-state index in [1.807, 2.05) is 30.3 Å². The SMILES string of the molecule is CCN(CC)c1ccc2c(c1)Oc1cc(C)c(Nc3cc(C)cc(C)c3)cc1C21OC(=O)c2ccccc21. The van der Waals surface area contributed by atoms with Gasteiger partial charge in [0.05, 0.1) is 5.56 Å². The summed E-state index contributed by atoms with van der Waals surface area (Å²) in [7, 11) is 0. The number of aryl methyl sites for hydroxylation is 3. The average Bonchev–Trinajstić information content (AvgIpc) is 3.18. The fraction of sp³-hybridized carbons (Fsp3) is 0.242. The smallest absolute Gasteiger partial charge is 0.340 e. The van der Waals surface area contributed by atoms with E-state index < -0.39 is 5.60 Å². The highest BCUT2D eigenvalue weighted by Gasteiger charge is 2.53. The molecular formula is C33H32N2O3. The van der Waals surface area contributed by atoms with Gasteiger partial charge in [-0.25, -0.2) is 4.79 Å². The van der Waals surface area contributed by atoms with Crippen molar-refractivity contribution in [2.45, 2.75) is 40.2 Å². The lowest BCUT2D eigenvalue weighted by molar-refractivity contribution is 0.0224. The largest absolute Gasteiger partial charge is 0.456 e. The van der Waals surface area contributed by atoms with Gasteiger partial charge in [-0.3, -0.25) is 0 Å². The van der Waals surface area contributed by atoms with Crippen molar-refractivity contribution in [2.24, 2.45) is 0 Å². The Morgan fingerprint density at radius 3 is 2.24 bits per heavy atom. The van der Waals surface area contributed by atoms with Crippen LogP contribution in [0.25, 0.3) is 0 Å². The molecule has 2 heterocycles. The van der Waals surface area contributed by atoms with E-state index in [2.05, 4.69) is 87.3 Å². The van der Waals surface area contributed by atoms with Gasteiger partial charge in [0.25, 0.3) is 0 Å². The molecule has 0 amide bonds. The zero-order valence-corrected chi connectivity index (χ0v) is 22.5. The van der Waals surface area contributed by atoms with Crippen LogP contribution in [0.15, 0.2) is 72.8 Å². The minimum atomic E-state index is -1.09. The molecule has 1 N–H and O–H groups in total. The molecule has 5 heteroatoms. The van der Waals surface area contributed by atoms with Crippen molar-refractivity contribution in [3.63, 3.8) is 0 Å². The van der Waals surface area contributed by atoms with Gasteiger partial charge < -0.3 is 19.7 Å². The Bertz CT molecular complexity index is 1570. The van der Waals surface area contributed by atoms with Gasteiger partial charge in [-0.05, 0) is 93.8 Å². The number of hydrogen-bond donors (Lipinski definition) is 1. The number of esters is 1. The molecule has 0 aromatic heterocycles. The number of hydrogen-bond acceptors (Lipinski definition) is 5. The molecule has 5 nitrogen and oxygen atoms in total. The molecule has 0 aliphatic carbocycles. The Kier molecular flexibility index (Phi) is 5.68. The zero-order chi connectivity index (χ0) is 26.6. The minimum absolute atomic E-state index is 0.323. The predicted molar refractivity (Wildman–Crippen MR) is 152 cm³/mol. The number of ether oxygens (including phenoxy) is 2. The summed E-state index contributed by atoms with van der Waals surface area (Å²) in [5.74, 6) is 1.08. The number of carbonyl (C=O) groups excluding carboxylic acids is 1. The molecule has 0 bridgehead atoms. The third-order valence-electron chi connectivity index (χ3n) is 7.67. The molecule has 1 spiro atoms. The van der Waals surface area contributed by atoms with Crippen molar-refractivity contribution < 1.29 is 14.3 Å². The number of benzene rings is 4. The van der Waals surface area contributed by atoms with Gasteiger partial charge >= 0.3 is 5.97 Å². The monoisotopic (exact) mass is 504 g/mol. The second-order valence-electron chi connectivity index (χ2n) is 10.2. The number of fused-ring (bicyclic) bond motifs is 6. The van der Waals surface area contributed by atoms with Gasteiger partial charge in [-0.1, -0.05) is 24.3 Å². The molecule has 1 unspecified atom stereocenters. The summed E-state index contributed by atoms with van der Waals surface area (Å²) in [5, 5.41) is 3.61. The Morgan fingerprint density at radius 2 is 1.50 bits per heavy atom. The molecule has 6 rings (SSSR count). The van der Waals surface area contributed by atoms with E-state index in [4.69, 9.17) is 9.47 Å². The predicted octanol–water partition coefficient (Wildman–Crippen LogP) is 7.77. The molecule has 4 aromatic carbocycles. The van der Waals surface area contributed by atoms with Crippen LogP contribution in [0.1, 0.15) is 57.6 Å². The van der Waals surface area contributed by atoms with E-state index in [1.54, 1.807) is 0 Å².